The number of hydrogen-bond acceptors (Lipinski definition) is 4. The monoisotopic (exact) mass is 500 g/mol. The number of hydrogen-bond donors (Lipinski definition) is 1. The SMILES string of the molecule is CC(Oc1ccccc1)[C@H](CCC1=CCC(=O)[C@@H]1C/C=C\CCCC(=O)O)O[Si](C)(C)C(C)(C)C. The highest BCUT2D eigenvalue weighted by Gasteiger charge is 2.40. The Morgan fingerprint density at radius 2 is 1.89 bits per heavy atom. The summed E-state index contributed by atoms with van der Waals surface area (Å²) in [6.45, 7) is 13.4. The molecule has 0 radical (unpaired) electrons. The second-order valence-corrected chi connectivity index (χ2v) is 15.8. The average molecular weight is 501 g/mol. The van der Waals surface area contributed by atoms with Gasteiger partial charge in [-0.05, 0) is 69.3 Å². The fourth-order valence-electron chi connectivity index (χ4n) is 4.05. The van der Waals surface area contributed by atoms with Gasteiger partial charge in [-0.3, -0.25) is 9.59 Å². The van der Waals surface area contributed by atoms with Gasteiger partial charge < -0.3 is 14.3 Å². The van der Waals surface area contributed by atoms with Gasteiger partial charge >= 0.3 is 5.97 Å². The minimum atomic E-state index is -2.02. The molecule has 35 heavy (non-hydrogen) atoms. The van der Waals surface area contributed by atoms with Crippen molar-refractivity contribution in [3.63, 3.8) is 0 Å². The molecule has 5 nitrogen and oxygen atoms in total. The van der Waals surface area contributed by atoms with Crippen molar-refractivity contribution in [3.05, 3.63) is 54.1 Å². The van der Waals surface area contributed by atoms with E-state index in [0.717, 1.165) is 25.0 Å². The summed E-state index contributed by atoms with van der Waals surface area (Å²) in [6.07, 6.45) is 10.3. The first-order valence-electron chi connectivity index (χ1n) is 12.9. The summed E-state index contributed by atoms with van der Waals surface area (Å²) in [6, 6.07) is 9.86. The van der Waals surface area contributed by atoms with Crippen LogP contribution in [0.5, 0.6) is 5.75 Å². The van der Waals surface area contributed by atoms with E-state index in [2.05, 4.69) is 46.9 Å². The predicted octanol–water partition coefficient (Wildman–Crippen LogP) is 7.34. The molecule has 1 aliphatic rings. The van der Waals surface area contributed by atoms with Crippen LogP contribution in [0, 0.1) is 5.92 Å². The van der Waals surface area contributed by atoms with Gasteiger partial charge in [-0.2, -0.15) is 0 Å². The number of ketones is 1. The molecule has 0 amide bonds. The van der Waals surface area contributed by atoms with Crippen LogP contribution in [0.1, 0.15) is 72.6 Å². The smallest absolute Gasteiger partial charge is 0.303 e. The third-order valence-electron chi connectivity index (χ3n) is 7.26. The summed E-state index contributed by atoms with van der Waals surface area (Å²) in [5, 5.41) is 8.85. The lowest BCUT2D eigenvalue weighted by molar-refractivity contribution is -0.137. The maximum Gasteiger partial charge on any atom is 0.303 e. The zero-order valence-electron chi connectivity index (χ0n) is 22.4. The highest BCUT2D eigenvalue weighted by Crippen LogP contribution is 2.39. The predicted molar refractivity (Wildman–Crippen MR) is 144 cm³/mol. The Bertz CT molecular complexity index is 882. The lowest BCUT2D eigenvalue weighted by atomic mass is 9.91. The van der Waals surface area contributed by atoms with Crippen molar-refractivity contribution >= 4 is 20.1 Å². The number of Topliss-reactive ketones (excluding diaryl/α,β-unsaturated/α-hetero) is 1. The molecule has 3 atom stereocenters. The molecule has 0 bridgehead atoms. The van der Waals surface area contributed by atoms with E-state index in [1.165, 1.54) is 5.57 Å². The number of para-hydroxylation sites is 1. The summed E-state index contributed by atoms with van der Waals surface area (Å²) in [5.74, 6) is 0.259. The van der Waals surface area contributed by atoms with Gasteiger partial charge in [0.25, 0.3) is 0 Å². The Morgan fingerprint density at radius 1 is 1.20 bits per heavy atom. The number of carboxylic acid groups (broad SMARTS) is 1. The standard InChI is InChI=1S/C29H44O5Si/c1-22(33-24-14-10-9-11-15-24)27(34-35(5,6)29(2,3)4)21-19-23-18-20-26(30)25(23)16-12-7-8-13-17-28(31)32/h7,9-12,14-15,18,22,25,27H,8,13,16-17,19-21H2,1-6H3,(H,31,32)/b12-7-/t22?,25-,27+/m1/s1. The van der Waals surface area contributed by atoms with Crippen molar-refractivity contribution in [3.8, 4) is 5.75 Å². The van der Waals surface area contributed by atoms with E-state index in [1.807, 2.05) is 42.5 Å². The second kappa shape index (κ2) is 13.2. The van der Waals surface area contributed by atoms with Gasteiger partial charge in [0.15, 0.2) is 8.32 Å². The van der Waals surface area contributed by atoms with Crippen LogP contribution in [0.4, 0.5) is 0 Å². The van der Waals surface area contributed by atoms with Crippen molar-refractivity contribution < 1.29 is 23.9 Å². The molecule has 0 saturated carbocycles. The van der Waals surface area contributed by atoms with E-state index < -0.39 is 14.3 Å². The molecular weight excluding hydrogens is 456 g/mol. The van der Waals surface area contributed by atoms with Crippen LogP contribution in [-0.4, -0.2) is 37.4 Å². The van der Waals surface area contributed by atoms with Crippen LogP contribution < -0.4 is 4.74 Å². The molecule has 0 heterocycles. The van der Waals surface area contributed by atoms with Crippen LogP contribution in [0.25, 0.3) is 0 Å². The summed E-state index contributed by atoms with van der Waals surface area (Å²) in [5.41, 5.74) is 1.20. The summed E-state index contributed by atoms with van der Waals surface area (Å²) < 4.78 is 13.1. The van der Waals surface area contributed by atoms with Crippen LogP contribution >= 0.6 is 0 Å². The Labute approximate surface area is 212 Å². The van der Waals surface area contributed by atoms with Gasteiger partial charge in [-0.25, -0.2) is 0 Å². The first kappa shape index (κ1) is 29.0. The topological polar surface area (TPSA) is 72.8 Å². The van der Waals surface area contributed by atoms with Crippen molar-refractivity contribution in [2.24, 2.45) is 5.92 Å². The first-order valence-corrected chi connectivity index (χ1v) is 15.8. The molecule has 1 N–H and O–H groups in total. The van der Waals surface area contributed by atoms with Gasteiger partial charge in [0.05, 0.1) is 6.10 Å². The number of benzene rings is 1. The number of carbonyl (C=O) groups is 2. The van der Waals surface area contributed by atoms with Crippen molar-refractivity contribution in [2.75, 3.05) is 0 Å². The van der Waals surface area contributed by atoms with Gasteiger partial charge in [0.1, 0.15) is 17.6 Å². The zero-order valence-corrected chi connectivity index (χ0v) is 23.4. The summed E-state index contributed by atoms with van der Waals surface area (Å²) in [4.78, 5) is 23.2. The minimum absolute atomic E-state index is 0.0695. The van der Waals surface area contributed by atoms with E-state index in [4.69, 9.17) is 14.3 Å². The number of ether oxygens (including phenoxy) is 1. The molecule has 194 valence electrons. The van der Waals surface area contributed by atoms with Crippen molar-refractivity contribution in [1.82, 2.24) is 0 Å². The van der Waals surface area contributed by atoms with Crippen LogP contribution in [0.3, 0.4) is 0 Å². The molecule has 1 aromatic carbocycles. The molecule has 0 aliphatic heterocycles. The first-order chi connectivity index (χ1) is 16.4. The van der Waals surface area contributed by atoms with Gasteiger partial charge in [-0.15, -0.1) is 0 Å². The lowest BCUT2D eigenvalue weighted by Gasteiger charge is -2.41. The van der Waals surface area contributed by atoms with Gasteiger partial charge in [-0.1, -0.05) is 62.8 Å². The maximum absolute atomic E-state index is 12.6. The van der Waals surface area contributed by atoms with Gasteiger partial charge in [0.2, 0.25) is 0 Å². The number of carboxylic acids is 1. The quantitative estimate of drug-likeness (QED) is 0.164. The maximum atomic E-state index is 12.6. The molecule has 1 aromatic rings. The molecule has 0 aromatic heterocycles. The molecule has 0 saturated heterocycles. The fraction of sp³-hybridized carbons (Fsp3) is 0.586. The molecule has 2 rings (SSSR count). The van der Waals surface area contributed by atoms with Crippen molar-refractivity contribution in [2.45, 2.75) is 103 Å². The Balaban J connectivity index is 2.04. The van der Waals surface area contributed by atoms with Crippen LogP contribution in [0.15, 0.2) is 54.1 Å². The number of unbranched alkanes of at least 4 members (excludes halogenated alkanes) is 1. The number of carbonyl (C=O) groups excluding carboxylic acids is 1. The largest absolute Gasteiger partial charge is 0.488 e. The average Bonchev–Trinajstić information content (AvgIpc) is 3.12. The number of allylic oxidation sites excluding steroid dienone is 4. The summed E-state index contributed by atoms with van der Waals surface area (Å²) in [7, 11) is -2.02. The number of rotatable bonds is 14. The molecule has 0 fully saturated rings. The fourth-order valence-corrected chi connectivity index (χ4v) is 5.47. The van der Waals surface area contributed by atoms with Crippen molar-refractivity contribution in [1.29, 1.82) is 0 Å². The molecule has 0 spiro atoms. The third kappa shape index (κ3) is 9.41. The lowest BCUT2D eigenvalue weighted by Crippen LogP contribution is -2.47. The van der Waals surface area contributed by atoms with E-state index in [9.17, 15) is 9.59 Å². The third-order valence-corrected chi connectivity index (χ3v) is 11.8. The minimum Gasteiger partial charge on any atom is -0.488 e. The van der Waals surface area contributed by atoms with E-state index in [-0.39, 0.29) is 35.4 Å². The molecule has 1 unspecified atom stereocenters. The molecule has 1 aliphatic carbocycles. The summed E-state index contributed by atoms with van der Waals surface area (Å²) >= 11 is 0. The van der Waals surface area contributed by atoms with Crippen LogP contribution in [-0.2, 0) is 14.0 Å². The van der Waals surface area contributed by atoms with Gasteiger partial charge in [0, 0.05) is 18.8 Å². The zero-order chi connectivity index (χ0) is 26.1. The van der Waals surface area contributed by atoms with E-state index >= 15 is 0 Å². The number of aliphatic carboxylic acids is 1. The van der Waals surface area contributed by atoms with Crippen LogP contribution in [0.2, 0.25) is 18.1 Å². The van der Waals surface area contributed by atoms with E-state index in [0.29, 0.717) is 19.3 Å². The highest BCUT2D eigenvalue weighted by atomic mass is 28.4. The Hall–Kier alpha value is -2.18. The Kier molecular flexibility index (Phi) is 11.0. The normalized spacial score (nSPS) is 18.5. The second-order valence-electron chi connectivity index (χ2n) is 11.1. The molecular formula is C29H44O5Si. The molecule has 6 heteroatoms. The van der Waals surface area contributed by atoms with E-state index in [1.54, 1.807) is 0 Å². The Morgan fingerprint density at radius 3 is 2.51 bits per heavy atom. The highest BCUT2D eigenvalue weighted by molar-refractivity contribution is 6.74.